The molecule has 0 atom stereocenters. The van der Waals surface area contributed by atoms with E-state index in [1.165, 1.54) is 0 Å². The summed E-state index contributed by atoms with van der Waals surface area (Å²) in [4.78, 5) is 8.78. The number of rotatable bonds is 4. The molecule has 5 heteroatoms. The molecule has 0 bridgehead atoms. The first-order chi connectivity index (χ1) is 10.4. The fraction of sp³-hybridized carbons (Fsp3) is 0.375. The molecule has 5 nitrogen and oxygen atoms in total. The molecule has 1 aliphatic rings. The monoisotopic (exact) mass is 285 g/mol. The lowest BCUT2D eigenvalue weighted by molar-refractivity contribution is 0.161. The summed E-state index contributed by atoms with van der Waals surface area (Å²) in [6.07, 6.45) is 5.77. The van der Waals surface area contributed by atoms with Crippen molar-refractivity contribution in [3.63, 3.8) is 0 Å². The normalized spacial score (nSPS) is 15.7. The molecule has 0 saturated carbocycles. The van der Waals surface area contributed by atoms with Crippen LogP contribution in [-0.2, 0) is 0 Å². The van der Waals surface area contributed by atoms with E-state index < -0.39 is 0 Å². The highest BCUT2D eigenvalue weighted by Crippen LogP contribution is 2.27. The largest absolute Gasteiger partial charge is 0.496 e. The number of aromatic nitrogens is 2. The summed E-state index contributed by atoms with van der Waals surface area (Å²) in [7, 11) is 1.65. The van der Waals surface area contributed by atoms with Crippen molar-refractivity contribution in [3.8, 4) is 22.9 Å². The second-order valence-electron chi connectivity index (χ2n) is 5.01. The minimum absolute atomic E-state index is 0.256. The summed E-state index contributed by atoms with van der Waals surface area (Å²) in [5.74, 6) is 2.13. The number of methoxy groups -OCH3 is 1. The predicted molar refractivity (Wildman–Crippen MR) is 80.5 cm³/mol. The van der Waals surface area contributed by atoms with E-state index in [2.05, 4.69) is 15.3 Å². The Balaban J connectivity index is 1.74. The Morgan fingerprint density at radius 2 is 1.81 bits per heavy atom. The van der Waals surface area contributed by atoms with Crippen molar-refractivity contribution in [1.29, 1.82) is 0 Å². The highest BCUT2D eigenvalue weighted by Gasteiger charge is 2.15. The van der Waals surface area contributed by atoms with Crippen LogP contribution in [0.3, 0.4) is 0 Å². The van der Waals surface area contributed by atoms with Gasteiger partial charge in [-0.15, -0.1) is 0 Å². The van der Waals surface area contributed by atoms with E-state index in [1.807, 2.05) is 24.3 Å². The Bertz CT molecular complexity index is 580. The Hall–Kier alpha value is -2.14. The van der Waals surface area contributed by atoms with E-state index in [-0.39, 0.29) is 6.10 Å². The third kappa shape index (κ3) is 3.31. The molecule has 1 N–H and O–H groups in total. The first-order valence-corrected chi connectivity index (χ1v) is 7.19. The first-order valence-electron chi connectivity index (χ1n) is 7.19. The number of piperidine rings is 1. The van der Waals surface area contributed by atoms with Crippen molar-refractivity contribution in [2.75, 3.05) is 20.2 Å². The Morgan fingerprint density at radius 3 is 2.52 bits per heavy atom. The Morgan fingerprint density at radius 1 is 1.10 bits per heavy atom. The smallest absolute Gasteiger partial charge is 0.163 e. The second kappa shape index (κ2) is 6.54. The fourth-order valence-corrected chi connectivity index (χ4v) is 2.45. The molecule has 0 amide bonds. The van der Waals surface area contributed by atoms with Gasteiger partial charge in [-0.2, -0.15) is 0 Å². The van der Waals surface area contributed by atoms with Crippen LogP contribution >= 0.6 is 0 Å². The second-order valence-corrected chi connectivity index (χ2v) is 5.01. The van der Waals surface area contributed by atoms with E-state index in [4.69, 9.17) is 9.47 Å². The summed E-state index contributed by atoms with van der Waals surface area (Å²) in [6.45, 7) is 2.01. The molecular weight excluding hydrogens is 266 g/mol. The minimum Gasteiger partial charge on any atom is -0.496 e. The maximum Gasteiger partial charge on any atom is 0.163 e. The molecule has 1 saturated heterocycles. The number of benzene rings is 1. The van der Waals surface area contributed by atoms with Gasteiger partial charge in [0.15, 0.2) is 11.6 Å². The molecule has 0 unspecified atom stereocenters. The van der Waals surface area contributed by atoms with Crippen LogP contribution < -0.4 is 14.8 Å². The molecule has 2 aromatic rings. The molecule has 21 heavy (non-hydrogen) atoms. The van der Waals surface area contributed by atoms with E-state index in [1.54, 1.807) is 19.5 Å². The molecule has 110 valence electrons. The molecule has 1 fully saturated rings. The van der Waals surface area contributed by atoms with Gasteiger partial charge in [-0.1, -0.05) is 12.1 Å². The van der Waals surface area contributed by atoms with Gasteiger partial charge < -0.3 is 14.8 Å². The molecule has 1 aliphatic heterocycles. The van der Waals surface area contributed by atoms with Crippen molar-refractivity contribution >= 4 is 0 Å². The molecule has 3 rings (SSSR count). The highest BCUT2D eigenvalue weighted by molar-refractivity contribution is 5.63. The van der Waals surface area contributed by atoms with Crippen LogP contribution in [0.15, 0.2) is 36.7 Å². The van der Waals surface area contributed by atoms with Gasteiger partial charge in [-0.05, 0) is 38.1 Å². The van der Waals surface area contributed by atoms with Gasteiger partial charge in [0.25, 0.3) is 0 Å². The average Bonchev–Trinajstić information content (AvgIpc) is 2.56. The number of hydrogen-bond acceptors (Lipinski definition) is 5. The zero-order valence-electron chi connectivity index (χ0n) is 12.1. The van der Waals surface area contributed by atoms with Gasteiger partial charge in [-0.3, -0.25) is 0 Å². The summed E-state index contributed by atoms with van der Waals surface area (Å²) in [6, 6.07) is 7.72. The Kier molecular flexibility index (Phi) is 4.31. The van der Waals surface area contributed by atoms with Crippen LogP contribution in [0, 0.1) is 0 Å². The van der Waals surface area contributed by atoms with Crippen LogP contribution in [0.5, 0.6) is 11.5 Å². The summed E-state index contributed by atoms with van der Waals surface area (Å²) in [5.41, 5.74) is 0.883. The Labute approximate surface area is 124 Å². The SMILES string of the molecule is COc1ccccc1-c1ncc(OC2CCNCC2)cn1. The first kappa shape index (κ1) is 13.8. The molecular formula is C16H19N3O2. The summed E-state index contributed by atoms with van der Waals surface area (Å²) in [5, 5.41) is 3.32. The molecule has 0 aliphatic carbocycles. The lowest BCUT2D eigenvalue weighted by Crippen LogP contribution is -2.34. The lowest BCUT2D eigenvalue weighted by Gasteiger charge is -2.23. The van der Waals surface area contributed by atoms with Gasteiger partial charge in [0.1, 0.15) is 11.9 Å². The van der Waals surface area contributed by atoms with Gasteiger partial charge >= 0.3 is 0 Å². The quantitative estimate of drug-likeness (QED) is 0.934. The molecule has 2 heterocycles. The average molecular weight is 285 g/mol. The predicted octanol–water partition coefficient (Wildman–Crippen LogP) is 2.28. The number of ether oxygens (including phenoxy) is 2. The fourth-order valence-electron chi connectivity index (χ4n) is 2.45. The summed E-state index contributed by atoms with van der Waals surface area (Å²) < 4.78 is 11.2. The highest BCUT2D eigenvalue weighted by atomic mass is 16.5. The van der Waals surface area contributed by atoms with Crippen molar-refractivity contribution in [3.05, 3.63) is 36.7 Å². The van der Waals surface area contributed by atoms with E-state index in [9.17, 15) is 0 Å². The lowest BCUT2D eigenvalue weighted by atomic mass is 10.1. The van der Waals surface area contributed by atoms with Crippen molar-refractivity contribution in [1.82, 2.24) is 15.3 Å². The van der Waals surface area contributed by atoms with E-state index in [0.717, 1.165) is 43.0 Å². The summed E-state index contributed by atoms with van der Waals surface area (Å²) >= 11 is 0. The molecule has 0 radical (unpaired) electrons. The molecule has 1 aromatic carbocycles. The zero-order chi connectivity index (χ0) is 14.5. The topological polar surface area (TPSA) is 56.3 Å². The van der Waals surface area contributed by atoms with Crippen molar-refractivity contribution in [2.45, 2.75) is 18.9 Å². The van der Waals surface area contributed by atoms with Crippen LogP contribution in [0.25, 0.3) is 11.4 Å². The molecule has 0 spiro atoms. The number of nitrogens with one attached hydrogen (secondary N) is 1. The van der Waals surface area contributed by atoms with Crippen molar-refractivity contribution in [2.24, 2.45) is 0 Å². The van der Waals surface area contributed by atoms with Crippen molar-refractivity contribution < 1.29 is 9.47 Å². The van der Waals surface area contributed by atoms with Gasteiger partial charge in [0.2, 0.25) is 0 Å². The third-order valence-corrected chi connectivity index (χ3v) is 3.56. The maximum atomic E-state index is 5.91. The zero-order valence-corrected chi connectivity index (χ0v) is 12.1. The number of nitrogens with zero attached hydrogens (tertiary/aromatic N) is 2. The van der Waals surface area contributed by atoms with Crippen LogP contribution in [0.4, 0.5) is 0 Å². The van der Waals surface area contributed by atoms with Gasteiger partial charge in [-0.25, -0.2) is 9.97 Å². The third-order valence-electron chi connectivity index (χ3n) is 3.56. The number of hydrogen-bond donors (Lipinski definition) is 1. The maximum absolute atomic E-state index is 5.91. The van der Waals surface area contributed by atoms with E-state index >= 15 is 0 Å². The van der Waals surface area contributed by atoms with Crippen LogP contribution in [0.1, 0.15) is 12.8 Å². The number of para-hydroxylation sites is 1. The standard InChI is InChI=1S/C16H19N3O2/c1-20-15-5-3-2-4-14(15)16-18-10-13(11-19-16)21-12-6-8-17-9-7-12/h2-5,10-12,17H,6-9H2,1H3. The van der Waals surface area contributed by atoms with Gasteiger partial charge in [0, 0.05) is 0 Å². The van der Waals surface area contributed by atoms with Gasteiger partial charge in [0.05, 0.1) is 25.1 Å². The minimum atomic E-state index is 0.256. The van der Waals surface area contributed by atoms with E-state index in [0.29, 0.717) is 5.82 Å². The molecule has 1 aromatic heterocycles. The van der Waals surface area contributed by atoms with Crippen LogP contribution in [-0.4, -0.2) is 36.3 Å². The van der Waals surface area contributed by atoms with Crippen LogP contribution in [0.2, 0.25) is 0 Å².